The maximum absolute atomic E-state index is 11.6. The third kappa shape index (κ3) is 7.80. The van der Waals surface area contributed by atoms with E-state index in [1.165, 1.54) is 0 Å². The van der Waals surface area contributed by atoms with E-state index < -0.39 is 0 Å². The van der Waals surface area contributed by atoms with Crippen LogP contribution in [0.5, 0.6) is 0 Å². The van der Waals surface area contributed by atoms with Gasteiger partial charge in [0, 0.05) is 18.7 Å². The number of carbonyl (C=O) groups is 1. The molecule has 25 heavy (non-hydrogen) atoms. The van der Waals surface area contributed by atoms with Gasteiger partial charge in [0.25, 0.3) is 0 Å². The lowest BCUT2D eigenvalue weighted by Gasteiger charge is -2.20. The van der Waals surface area contributed by atoms with Crippen LogP contribution in [0.3, 0.4) is 0 Å². The highest BCUT2D eigenvalue weighted by molar-refractivity contribution is 5.81. The number of hydrogen-bond donors (Lipinski definition) is 1. The van der Waals surface area contributed by atoms with E-state index in [9.17, 15) is 4.79 Å². The van der Waals surface area contributed by atoms with Gasteiger partial charge < -0.3 is 10.2 Å². The van der Waals surface area contributed by atoms with Gasteiger partial charge in [0.1, 0.15) is 5.78 Å². The Balaban J connectivity index is 0.00000151. The van der Waals surface area contributed by atoms with Gasteiger partial charge in [0.15, 0.2) is 0 Å². The van der Waals surface area contributed by atoms with E-state index >= 15 is 0 Å². The van der Waals surface area contributed by atoms with Gasteiger partial charge in [-0.2, -0.15) is 0 Å². The summed E-state index contributed by atoms with van der Waals surface area (Å²) in [5, 5.41) is 3.32. The number of nitrogens with zero attached hydrogens (tertiary/aromatic N) is 1. The van der Waals surface area contributed by atoms with Crippen molar-refractivity contribution >= 4 is 5.78 Å². The van der Waals surface area contributed by atoms with Gasteiger partial charge in [-0.1, -0.05) is 48.3 Å². The van der Waals surface area contributed by atoms with Crippen molar-refractivity contribution in [1.82, 2.24) is 10.2 Å². The SMILES string of the molecule is C=C.CC(=O)C(CN(C)C)NCc1ccc(C#CC2C=CC=C2)cc1. The van der Waals surface area contributed by atoms with Crippen LogP contribution in [0.2, 0.25) is 0 Å². The maximum atomic E-state index is 11.6. The first-order valence-electron chi connectivity index (χ1n) is 8.38. The molecular formula is C22H28N2O. The highest BCUT2D eigenvalue weighted by Crippen LogP contribution is 2.08. The molecule has 0 aliphatic heterocycles. The normalized spacial score (nSPS) is 13.8. The predicted octanol–water partition coefficient (Wildman–Crippen LogP) is 3.19. The van der Waals surface area contributed by atoms with E-state index in [1.54, 1.807) is 6.92 Å². The fraction of sp³-hybridized carbons (Fsp3) is 0.318. The number of benzene rings is 1. The predicted molar refractivity (Wildman–Crippen MR) is 106 cm³/mol. The van der Waals surface area contributed by atoms with Crippen LogP contribution in [0, 0.1) is 17.8 Å². The van der Waals surface area contributed by atoms with Gasteiger partial charge >= 0.3 is 0 Å². The summed E-state index contributed by atoms with van der Waals surface area (Å²) < 4.78 is 0. The number of Topliss-reactive ketones (excluding diaryl/α,β-unsaturated/α-hetero) is 1. The van der Waals surface area contributed by atoms with Crippen LogP contribution in [0.1, 0.15) is 18.1 Å². The summed E-state index contributed by atoms with van der Waals surface area (Å²) in [6, 6.07) is 8.04. The number of ketones is 1. The number of allylic oxidation sites excluding steroid dienone is 4. The lowest BCUT2D eigenvalue weighted by atomic mass is 10.1. The largest absolute Gasteiger partial charge is 0.307 e. The second-order valence-corrected chi connectivity index (χ2v) is 6.07. The summed E-state index contributed by atoms with van der Waals surface area (Å²) in [6.45, 7) is 9.02. The molecule has 0 saturated heterocycles. The van der Waals surface area contributed by atoms with Crippen LogP contribution in [-0.4, -0.2) is 37.4 Å². The Hall–Kier alpha value is -2.41. The van der Waals surface area contributed by atoms with Gasteiger partial charge in [0.2, 0.25) is 0 Å². The molecule has 0 radical (unpaired) electrons. The molecule has 0 bridgehead atoms. The Morgan fingerprint density at radius 2 is 1.80 bits per heavy atom. The van der Waals surface area contributed by atoms with Crippen molar-refractivity contribution in [3.8, 4) is 11.8 Å². The molecule has 1 aromatic carbocycles. The molecule has 0 fully saturated rings. The summed E-state index contributed by atoms with van der Waals surface area (Å²) in [5.41, 5.74) is 2.17. The topological polar surface area (TPSA) is 32.3 Å². The van der Waals surface area contributed by atoms with Crippen molar-refractivity contribution < 1.29 is 4.79 Å². The number of carbonyl (C=O) groups excluding carboxylic acids is 1. The molecule has 1 N–H and O–H groups in total. The van der Waals surface area contributed by atoms with E-state index in [0.717, 1.165) is 11.1 Å². The van der Waals surface area contributed by atoms with Crippen LogP contribution in [0.15, 0.2) is 61.7 Å². The number of rotatable bonds is 6. The number of likely N-dealkylation sites (N-methyl/N-ethyl adjacent to an activating group) is 1. The molecule has 0 saturated carbocycles. The summed E-state index contributed by atoms with van der Waals surface area (Å²) in [7, 11) is 3.94. The molecule has 0 amide bonds. The highest BCUT2D eigenvalue weighted by Gasteiger charge is 2.14. The monoisotopic (exact) mass is 336 g/mol. The lowest BCUT2D eigenvalue weighted by Crippen LogP contribution is -2.42. The summed E-state index contributed by atoms with van der Waals surface area (Å²) in [6.07, 6.45) is 8.20. The number of nitrogens with one attached hydrogen (secondary N) is 1. The maximum Gasteiger partial charge on any atom is 0.147 e. The van der Waals surface area contributed by atoms with E-state index in [0.29, 0.717) is 13.1 Å². The van der Waals surface area contributed by atoms with Gasteiger partial charge in [-0.3, -0.25) is 4.79 Å². The van der Waals surface area contributed by atoms with Crippen molar-refractivity contribution in [1.29, 1.82) is 0 Å². The first-order valence-corrected chi connectivity index (χ1v) is 8.38. The molecule has 2 rings (SSSR count). The lowest BCUT2D eigenvalue weighted by molar-refractivity contribution is -0.119. The minimum atomic E-state index is -0.134. The standard InChI is InChI=1S/C20H24N2O.C2H4/c1-16(23)20(15-22(2)3)21-14-19-12-10-18(11-13-19)9-8-17-6-4-5-7-17;1-2/h4-7,10-13,17,20-21H,14-15H2,1-3H3;1-2H2. The van der Waals surface area contributed by atoms with Gasteiger partial charge in [-0.15, -0.1) is 13.2 Å². The molecule has 1 aromatic rings. The molecule has 1 aliphatic carbocycles. The molecule has 1 aliphatic rings. The Labute approximate surface area is 152 Å². The van der Waals surface area contributed by atoms with Crippen molar-refractivity contribution in [2.45, 2.75) is 19.5 Å². The van der Waals surface area contributed by atoms with Crippen molar-refractivity contribution in [2.75, 3.05) is 20.6 Å². The first-order chi connectivity index (χ1) is 12.0. The molecule has 3 heteroatoms. The van der Waals surface area contributed by atoms with Gasteiger partial charge in [-0.25, -0.2) is 0 Å². The molecule has 1 unspecified atom stereocenters. The Morgan fingerprint density at radius 1 is 1.20 bits per heavy atom. The first kappa shape index (κ1) is 20.6. The Kier molecular flexibility index (Phi) is 9.24. The third-order valence-corrected chi connectivity index (χ3v) is 3.68. The molecule has 132 valence electrons. The minimum Gasteiger partial charge on any atom is -0.307 e. The minimum absolute atomic E-state index is 0.134. The van der Waals surface area contributed by atoms with Crippen LogP contribution < -0.4 is 5.32 Å². The zero-order chi connectivity index (χ0) is 18.7. The zero-order valence-corrected chi connectivity index (χ0v) is 15.5. The smallest absolute Gasteiger partial charge is 0.147 e. The third-order valence-electron chi connectivity index (χ3n) is 3.68. The second kappa shape index (κ2) is 11.2. The van der Waals surface area contributed by atoms with Gasteiger partial charge in [0.05, 0.1) is 12.0 Å². The Morgan fingerprint density at radius 3 is 2.32 bits per heavy atom. The van der Waals surface area contributed by atoms with Crippen molar-refractivity contribution in [3.05, 3.63) is 72.9 Å². The Bertz CT molecular complexity index is 648. The zero-order valence-electron chi connectivity index (χ0n) is 15.5. The average Bonchev–Trinajstić information content (AvgIpc) is 3.12. The van der Waals surface area contributed by atoms with Crippen LogP contribution in [0.4, 0.5) is 0 Å². The van der Waals surface area contributed by atoms with Gasteiger partial charge in [-0.05, 0) is 38.7 Å². The molecule has 0 aromatic heterocycles. The highest BCUT2D eigenvalue weighted by atomic mass is 16.1. The molecular weight excluding hydrogens is 308 g/mol. The molecule has 0 heterocycles. The molecule has 1 atom stereocenters. The fourth-order valence-corrected chi connectivity index (χ4v) is 2.34. The summed E-state index contributed by atoms with van der Waals surface area (Å²) >= 11 is 0. The molecule has 3 nitrogen and oxygen atoms in total. The summed E-state index contributed by atoms with van der Waals surface area (Å²) in [4.78, 5) is 13.7. The van der Waals surface area contributed by atoms with Crippen LogP contribution in [-0.2, 0) is 11.3 Å². The van der Waals surface area contributed by atoms with E-state index in [4.69, 9.17) is 0 Å². The van der Waals surface area contributed by atoms with Crippen molar-refractivity contribution in [3.63, 3.8) is 0 Å². The fourth-order valence-electron chi connectivity index (χ4n) is 2.34. The van der Waals surface area contributed by atoms with E-state index in [-0.39, 0.29) is 17.7 Å². The van der Waals surface area contributed by atoms with Crippen LogP contribution in [0.25, 0.3) is 0 Å². The van der Waals surface area contributed by atoms with E-state index in [2.05, 4.69) is 54.6 Å². The second-order valence-electron chi connectivity index (χ2n) is 6.07. The number of hydrogen-bond acceptors (Lipinski definition) is 3. The molecule has 0 spiro atoms. The van der Waals surface area contributed by atoms with Crippen LogP contribution >= 0.6 is 0 Å². The summed E-state index contributed by atoms with van der Waals surface area (Å²) in [5.74, 6) is 6.80. The average molecular weight is 336 g/mol. The van der Waals surface area contributed by atoms with Crippen molar-refractivity contribution in [2.24, 2.45) is 5.92 Å². The quantitative estimate of drug-likeness (QED) is 0.640. The van der Waals surface area contributed by atoms with E-state index in [1.807, 2.05) is 43.3 Å².